The Hall–Kier alpha value is 0.137. The summed E-state index contributed by atoms with van der Waals surface area (Å²) in [5.41, 5.74) is 0. The van der Waals surface area contributed by atoms with Crippen LogP contribution in [0, 0.1) is 5.92 Å². The van der Waals surface area contributed by atoms with Crippen LogP contribution in [0.15, 0.2) is 0 Å². The van der Waals surface area contributed by atoms with Crippen molar-refractivity contribution in [1.82, 2.24) is 4.57 Å². The van der Waals surface area contributed by atoms with Gasteiger partial charge in [0, 0.05) is 13.1 Å². The van der Waals surface area contributed by atoms with Gasteiger partial charge in [0.05, 0.1) is 23.1 Å². The summed E-state index contributed by atoms with van der Waals surface area (Å²) in [4.78, 5) is 0. The summed E-state index contributed by atoms with van der Waals surface area (Å²) in [6, 6.07) is 0. The minimum absolute atomic E-state index is 0.515. The Bertz CT molecular complexity index is 117. The van der Waals surface area contributed by atoms with Crippen molar-refractivity contribution in [2.45, 2.75) is 26.4 Å². The van der Waals surface area contributed by atoms with Crippen LogP contribution in [0.4, 0.5) is 0 Å². The maximum atomic E-state index is 5.64. The van der Waals surface area contributed by atoms with Crippen molar-refractivity contribution in [3.8, 4) is 0 Å². The molecular weight excluding hydrogens is 154 g/mol. The van der Waals surface area contributed by atoms with Crippen molar-refractivity contribution in [2.24, 2.45) is 5.92 Å². The highest BCUT2D eigenvalue weighted by Gasteiger charge is 2.17. The van der Waals surface area contributed by atoms with E-state index in [4.69, 9.17) is 4.74 Å². The van der Waals surface area contributed by atoms with Gasteiger partial charge in [0.15, 0.2) is 0 Å². The highest BCUT2D eigenvalue weighted by Crippen LogP contribution is 2.12. The molecule has 1 fully saturated rings. The Morgan fingerprint density at radius 1 is 1.64 bits per heavy atom. The van der Waals surface area contributed by atoms with Crippen molar-refractivity contribution >= 4 is 10.4 Å². The van der Waals surface area contributed by atoms with Gasteiger partial charge in [-0.3, -0.25) is 0 Å². The summed E-state index contributed by atoms with van der Waals surface area (Å²) in [5.74, 6) is 0.771. The van der Waals surface area contributed by atoms with E-state index in [0.717, 1.165) is 19.1 Å². The van der Waals surface area contributed by atoms with Crippen LogP contribution in [0.25, 0.3) is 0 Å². The monoisotopic (exact) mass is 173 g/mol. The highest BCUT2D eigenvalue weighted by molar-refractivity contribution is 6.04. The highest BCUT2D eigenvalue weighted by atomic mass is 28.2. The average molecular weight is 173 g/mol. The molecule has 0 radical (unpaired) electrons. The molecule has 0 saturated carbocycles. The first-order chi connectivity index (χ1) is 5.18. The van der Waals surface area contributed by atoms with E-state index >= 15 is 0 Å². The normalized spacial score (nSPS) is 28.1. The van der Waals surface area contributed by atoms with Crippen LogP contribution in [0.5, 0.6) is 0 Å². The molecule has 0 N–H and O–H groups in total. The molecule has 1 heterocycles. The van der Waals surface area contributed by atoms with E-state index in [-0.39, 0.29) is 0 Å². The third kappa shape index (κ3) is 3.36. The van der Waals surface area contributed by atoms with E-state index in [1.165, 1.54) is 23.4 Å². The van der Waals surface area contributed by atoms with Gasteiger partial charge < -0.3 is 9.30 Å². The summed E-state index contributed by atoms with van der Waals surface area (Å²) in [6.45, 7) is 7.79. The van der Waals surface area contributed by atoms with E-state index in [2.05, 4.69) is 18.4 Å². The van der Waals surface area contributed by atoms with Crippen molar-refractivity contribution in [3.05, 3.63) is 0 Å². The molecule has 3 heteroatoms. The number of hydrogen-bond donors (Lipinski definition) is 0. The third-order valence-electron chi connectivity index (χ3n) is 2.08. The van der Waals surface area contributed by atoms with Crippen LogP contribution in [-0.4, -0.2) is 40.8 Å². The van der Waals surface area contributed by atoms with Gasteiger partial charge in [0.2, 0.25) is 0 Å². The minimum atomic E-state index is 0.515. The number of ether oxygens (including phenoxy) is 1. The van der Waals surface area contributed by atoms with Crippen LogP contribution < -0.4 is 0 Å². The smallest absolute Gasteiger partial charge is 0.0787 e. The Balaban J connectivity index is 2.23. The molecular formula is C8H19NOSi. The number of hydrogen-bond acceptors (Lipinski definition) is 2. The zero-order valence-corrected chi connectivity index (χ0v) is 9.84. The van der Waals surface area contributed by atoms with Gasteiger partial charge in [-0.25, -0.2) is 0 Å². The summed E-state index contributed by atoms with van der Waals surface area (Å²) in [5, 5.41) is 0. The van der Waals surface area contributed by atoms with Crippen molar-refractivity contribution in [2.75, 3.05) is 19.7 Å². The molecule has 2 nitrogen and oxygen atoms in total. The molecule has 0 spiro atoms. The molecule has 1 saturated heterocycles. The molecule has 0 aromatic rings. The summed E-state index contributed by atoms with van der Waals surface area (Å²) >= 11 is 0. The van der Waals surface area contributed by atoms with Crippen LogP contribution in [-0.2, 0) is 4.74 Å². The van der Waals surface area contributed by atoms with Gasteiger partial charge in [-0.05, 0) is 12.3 Å². The second-order valence-corrected chi connectivity index (χ2v) is 5.15. The van der Waals surface area contributed by atoms with E-state index in [1.807, 2.05) is 0 Å². The Morgan fingerprint density at radius 2 is 2.36 bits per heavy atom. The van der Waals surface area contributed by atoms with E-state index in [0.29, 0.717) is 6.10 Å². The second-order valence-electron chi connectivity index (χ2n) is 3.88. The molecule has 1 atom stereocenters. The fraction of sp³-hybridized carbons (Fsp3) is 1.00. The van der Waals surface area contributed by atoms with Gasteiger partial charge in [-0.1, -0.05) is 13.8 Å². The maximum absolute atomic E-state index is 5.64. The molecule has 0 aromatic heterocycles. The Morgan fingerprint density at radius 3 is 2.91 bits per heavy atom. The quantitative estimate of drug-likeness (QED) is 0.546. The summed E-state index contributed by atoms with van der Waals surface area (Å²) in [7, 11) is 1.19. The minimum Gasteiger partial charge on any atom is -0.376 e. The van der Waals surface area contributed by atoms with Crippen LogP contribution in [0.2, 0.25) is 0 Å². The first-order valence-electron chi connectivity index (χ1n) is 4.48. The number of rotatable bonds is 2. The molecule has 0 bridgehead atoms. The fourth-order valence-corrected chi connectivity index (χ4v) is 2.13. The molecule has 11 heavy (non-hydrogen) atoms. The molecule has 1 aliphatic heterocycles. The Kier molecular flexibility index (Phi) is 3.55. The molecule has 1 unspecified atom stereocenters. The van der Waals surface area contributed by atoms with Gasteiger partial charge in [-0.2, -0.15) is 0 Å². The van der Waals surface area contributed by atoms with Crippen LogP contribution in [0.3, 0.4) is 0 Å². The molecule has 1 aliphatic rings. The largest absolute Gasteiger partial charge is 0.376 e. The maximum Gasteiger partial charge on any atom is 0.0787 e. The first-order valence-corrected chi connectivity index (χ1v) is 5.38. The zero-order chi connectivity index (χ0) is 8.27. The standard InChI is InChI=1S/C8H19NOSi/c1-7(2)5-8-6-9(11)3-4-10-8/h7-8H,3-6H2,1-2,11H3. The third-order valence-corrected chi connectivity index (χ3v) is 2.89. The molecule has 66 valence electrons. The van der Waals surface area contributed by atoms with Gasteiger partial charge >= 0.3 is 0 Å². The van der Waals surface area contributed by atoms with Crippen molar-refractivity contribution < 1.29 is 4.74 Å². The van der Waals surface area contributed by atoms with Crippen molar-refractivity contribution in [1.29, 1.82) is 0 Å². The summed E-state index contributed by atoms with van der Waals surface area (Å²) in [6.07, 6.45) is 1.74. The SMILES string of the molecule is CC(C)CC1CN([SiH3])CCO1. The lowest BCUT2D eigenvalue weighted by molar-refractivity contribution is -0.0115. The van der Waals surface area contributed by atoms with E-state index < -0.39 is 0 Å². The summed E-state index contributed by atoms with van der Waals surface area (Å²) < 4.78 is 8.12. The molecule has 0 aliphatic carbocycles. The Labute approximate surface area is 72.4 Å². The van der Waals surface area contributed by atoms with Gasteiger partial charge in [-0.15, -0.1) is 0 Å². The topological polar surface area (TPSA) is 12.5 Å². The second kappa shape index (κ2) is 4.23. The van der Waals surface area contributed by atoms with E-state index in [9.17, 15) is 0 Å². The lowest BCUT2D eigenvalue weighted by atomic mass is 10.1. The first kappa shape index (κ1) is 9.23. The van der Waals surface area contributed by atoms with Crippen molar-refractivity contribution in [3.63, 3.8) is 0 Å². The van der Waals surface area contributed by atoms with E-state index in [1.54, 1.807) is 0 Å². The van der Waals surface area contributed by atoms with Gasteiger partial charge in [0.25, 0.3) is 0 Å². The lowest BCUT2D eigenvalue weighted by Crippen LogP contribution is -2.41. The van der Waals surface area contributed by atoms with Gasteiger partial charge in [0.1, 0.15) is 0 Å². The van der Waals surface area contributed by atoms with Crippen LogP contribution in [0.1, 0.15) is 20.3 Å². The number of morpholine rings is 1. The van der Waals surface area contributed by atoms with Crippen LogP contribution >= 0.6 is 0 Å². The zero-order valence-electron chi connectivity index (χ0n) is 7.84. The number of nitrogens with zero attached hydrogens (tertiary/aromatic N) is 1. The molecule has 0 amide bonds. The predicted octanol–water partition coefficient (Wildman–Crippen LogP) is 0.0137. The lowest BCUT2D eigenvalue weighted by Gasteiger charge is -2.31. The molecule has 0 aromatic carbocycles. The fourth-order valence-electron chi connectivity index (χ4n) is 1.54. The average Bonchev–Trinajstić information content (AvgIpc) is 1.85. The molecule has 1 rings (SSSR count). The predicted molar refractivity (Wildman–Crippen MR) is 50.7 cm³/mol.